The summed E-state index contributed by atoms with van der Waals surface area (Å²) in [6, 6.07) is 16.7. The van der Waals surface area contributed by atoms with Crippen LogP contribution in [0.4, 0.5) is 11.5 Å². The first-order valence-electron chi connectivity index (χ1n) is 8.82. The molecule has 26 heavy (non-hydrogen) atoms. The van der Waals surface area contributed by atoms with Crippen molar-refractivity contribution >= 4 is 22.4 Å². The van der Waals surface area contributed by atoms with E-state index < -0.39 is 0 Å². The van der Waals surface area contributed by atoms with E-state index in [0.29, 0.717) is 6.01 Å². The van der Waals surface area contributed by atoms with Crippen molar-refractivity contribution in [3.63, 3.8) is 0 Å². The molecule has 5 nitrogen and oxygen atoms in total. The van der Waals surface area contributed by atoms with Crippen LogP contribution in [-0.2, 0) is 0 Å². The Kier molecular flexibility index (Phi) is 4.31. The first-order chi connectivity index (χ1) is 12.7. The Bertz CT molecular complexity index is 950. The number of para-hydroxylation sites is 2. The molecule has 0 amide bonds. The molecular formula is C21H22N4O. The molecule has 3 aromatic rings. The summed E-state index contributed by atoms with van der Waals surface area (Å²) in [4.78, 5) is 11.3. The van der Waals surface area contributed by atoms with Crippen LogP contribution in [0, 0.1) is 6.92 Å². The first-order valence-corrected chi connectivity index (χ1v) is 8.82. The molecule has 2 aromatic carbocycles. The van der Waals surface area contributed by atoms with Gasteiger partial charge in [0.05, 0.1) is 5.52 Å². The lowest BCUT2D eigenvalue weighted by Crippen LogP contribution is -2.43. The van der Waals surface area contributed by atoms with E-state index in [-0.39, 0.29) is 12.1 Å². The van der Waals surface area contributed by atoms with Crippen LogP contribution in [0.1, 0.15) is 18.4 Å². The molecule has 0 atom stereocenters. The summed E-state index contributed by atoms with van der Waals surface area (Å²) < 4.78 is 5.97. The summed E-state index contributed by atoms with van der Waals surface area (Å²) in [6.07, 6.45) is 3.55. The summed E-state index contributed by atoms with van der Waals surface area (Å²) in [6.45, 7) is 6.07. The van der Waals surface area contributed by atoms with E-state index in [0.717, 1.165) is 40.8 Å². The average molecular weight is 346 g/mol. The zero-order valence-electron chi connectivity index (χ0n) is 14.8. The minimum absolute atomic E-state index is 0.0923. The molecule has 1 aliphatic rings. The van der Waals surface area contributed by atoms with Crippen molar-refractivity contribution in [3.05, 3.63) is 66.9 Å². The molecular weight excluding hydrogens is 324 g/mol. The highest BCUT2D eigenvalue weighted by molar-refractivity contribution is 5.92. The number of hydrogen-bond donors (Lipinski definition) is 1. The van der Waals surface area contributed by atoms with Gasteiger partial charge in [-0.25, -0.2) is 0 Å². The van der Waals surface area contributed by atoms with E-state index in [1.807, 2.05) is 41.3 Å². The Morgan fingerprint density at radius 1 is 1.12 bits per heavy atom. The molecule has 4 rings (SSSR count). The molecule has 5 heteroatoms. The number of fused-ring (bicyclic) bond motifs is 1. The standard InChI is InChI=1S/C21H22N4O/c1-3-25(19-11-7-4-8-14(19)2)20-17-9-5-6-10-18(17)23-21(24-20)26-16-12-15(22)13-16/h3-11,15-16H,1,12-13,22H2,2H3. The van der Waals surface area contributed by atoms with Gasteiger partial charge < -0.3 is 15.4 Å². The molecule has 1 aromatic heterocycles. The maximum atomic E-state index is 5.97. The van der Waals surface area contributed by atoms with Gasteiger partial charge in [-0.05, 0) is 43.5 Å². The van der Waals surface area contributed by atoms with Crippen LogP contribution in [0.2, 0.25) is 0 Å². The highest BCUT2D eigenvalue weighted by Gasteiger charge is 2.29. The molecule has 0 spiro atoms. The predicted molar refractivity (Wildman–Crippen MR) is 105 cm³/mol. The molecule has 1 fully saturated rings. The van der Waals surface area contributed by atoms with Gasteiger partial charge in [0.15, 0.2) is 5.82 Å². The number of nitrogens with zero attached hydrogens (tertiary/aromatic N) is 3. The lowest BCUT2D eigenvalue weighted by atomic mass is 9.90. The molecule has 0 aliphatic heterocycles. The van der Waals surface area contributed by atoms with Crippen LogP contribution in [0.15, 0.2) is 61.3 Å². The third-order valence-corrected chi connectivity index (χ3v) is 4.75. The van der Waals surface area contributed by atoms with Gasteiger partial charge >= 0.3 is 6.01 Å². The molecule has 0 saturated heterocycles. The van der Waals surface area contributed by atoms with Gasteiger partial charge in [-0.2, -0.15) is 9.97 Å². The largest absolute Gasteiger partial charge is 0.460 e. The quantitative estimate of drug-likeness (QED) is 0.754. The fraction of sp³-hybridized carbons (Fsp3) is 0.238. The second-order valence-corrected chi connectivity index (χ2v) is 6.66. The number of nitrogens with two attached hydrogens (primary N) is 1. The normalized spacial score (nSPS) is 19.0. The van der Waals surface area contributed by atoms with Gasteiger partial charge in [0.1, 0.15) is 6.10 Å². The van der Waals surface area contributed by atoms with Gasteiger partial charge in [0.2, 0.25) is 0 Å². The third kappa shape index (κ3) is 3.02. The SMILES string of the molecule is C=CN(c1ccccc1C)c1nc(OC2CC(N)C2)nc2ccccc12. The molecule has 132 valence electrons. The third-order valence-electron chi connectivity index (χ3n) is 4.75. The Morgan fingerprint density at radius 3 is 2.58 bits per heavy atom. The van der Waals surface area contributed by atoms with E-state index in [1.165, 1.54) is 0 Å². The number of ether oxygens (including phenoxy) is 1. The number of rotatable bonds is 5. The van der Waals surface area contributed by atoms with Crippen molar-refractivity contribution in [1.29, 1.82) is 0 Å². The Balaban J connectivity index is 1.81. The van der Waals surface area contributed by atoms with Crippen molar-refractivity contribution < 1.29 is 4.74 Å². The highest BCUT2D eigenvalue weighted by Crippen LogP contribution is 2.34. The molecule has 2 N–H and O–H groups in total. The summed E-state index contributed by atoms with van der Waals surface area (Å²) in [5.41, 5.74) is 8.88. The van der Waals surface area contributed by atoms with Crippen molar-refractivity contribution in [2.24, 2.45) is 5.73 Å². The van der Waals surface area contributed by atoms with Gasteiger partial charge in [-0.15, -0.1) is 0 Å². The van der Waals surface area contributed by atoms with E-state index >= 15 is 0 Å². The van der Waals surface area contributed by atoms with Gasteiger partial charge in [0, 0.05) is 23.3 Å². The molecule has 0 radical (unpaired) electrons. The smallest absolute Gasteiger partial charge is 0.319 e. The average Bonchev–Trinajstić information content (AvgIpc) is 2.62. The maximum Gasteiger partial charge on any atom is 0.319 e. The van der Waals surface area contributed by atoms with Crippen molar-refractivity contribution in [2.45, 2.75) is 31.9 Å². The summed E-state index contributed by atoms with van der Waals surface area (Å²) >= 11 is 0. The fourth-order valence-corrected chi connectivity index (χ4v) is 3.26. The second-order valence-electron chi connectivity index (χ2n) is 6.66. The number of anilines is 2. The topological polar surface area (TPSA) is 64.3 Å². The monoisotopic (exact) mass is 346 g/mol. The van der Waals surface area contributed by atoms with Crippen LogP contribution in [0.3, 0.4) is 0 Å². The van der Waals surface area contributed by atoms with Gasteiger partial charge in [0.25, 0.3) is 0 Å². The molecule has 1 saturated carbocycles. The Labute approximate surface area is 153 Å². The van der Waals surface area contributed by atoms with E-state index in [9.17, 15) is 0 Å². The van der Waals surface area contributed by atoms with E-state index in [1.54, 1.807) is 6.20 Å². The van der Waals surface area contributed by atoms with Crippen LogP contribution < -0.4 is 15.4 Å². The van der Waals surface area contributed by atoms with Crippen LogP contribution in [-0.4, -0.2) is 22.1 Å². The first kappa shape index (κ1) is 16.5. The lowest BCUT2D eigenvalue weighted by molar-refractivity contribution is 0.0910. The fourth-order valence-electron chi connectivity index (χ4n) is 3.26. The summed E-state index contributed by atoms with van der Waals surface area (Å²) in [5.74, 6) is 0.763. The molecule has 0 unspecified atom stereocenters. The van der Waals surface area contributed by atoms with Crippen molar-refractivity contribution in [1.82, 2.24) is 9.97 Å². The van der Waals surface area contributed by atoms with E-state index in [4.69, 9.17) is 15.5 Å². The molecule has 1 heterocycles. The number of benzene rings is 2. The predicted octanol–water partition coefficient (Wildman–Crippen LogP) is 4.09. The minimum Gasteiger partial charge on any atom is -0.460 e. The van der Waals surface area contributed by atoms with Gasteiger partial charge in [-0.3, -0.25) is 0 Å². The number of hydrogen-bond acceptors (Lipinski definition) is 5. The maximum absolute atomic E-state index is 5.97. The Morgan fingerprint density at radius 2 is 1.85 bits per heavy atom. The number of aromatic nitrogens is 2. The van der Waals surface area contributed by atoms with Crippen LogP contribution >= 0.6 is 0 Å². The molecule has 1 aliphatic carbocycles. The molecule has 0 bridgehead atoms. The van der Waals surface area contributed by atoms with Gasteiger partial charge in [-0.1, -0.05) is 36.9 Å². The zero-order chi connectivity index (χ0) is 18.1. The summed E-state index contributed by atoms with van der Waals surface area (Å²) in [7, 11) is 0. The minimum atomic E-state index is 0.0923. The zero-order valence-corrected chi connectivity index (χ0v) is 14.8. The summed E-state index contributed by atoms with van der Waals surface area (Å²) in [5, 5.41) is 0.952. The highest BCUT2D eigenvalue weighted by atomic mass is 16.5. The van der Waals surface area contributed by atoms with Crippen LogP contribution in [0.5, 0.6) is 6.01 Å². The van der Waals surface area contributed by atoms with E-state index in [2.05, 4.69) is 30.6 Å². The van der Waals surface area contributed by atoms with Crippen molar-refractivity contribution in [2.75, 3.05) is 4.90 Å². The van der Waals surface area contributed by atoms with Crippen LogP contribution in [0.25, 0.3) is 10.9 Å². The number of aryl methyl sites for hydroxylation is 1. The lowest BCUT2D eigenvalue weighted by Gasteiger charge is -2.32. The Hall–Kier alpha value is -2.92. The van der Waals surface area contributed by atoms with Crippen molar-refractivity contribution in [3.8, 4) is 6.01 Å². The second kappa shape index (κ2) is 6.77.